The summed E-state index contributed by atoms with van der Waals surface area (Å²) >= 11 is 0. The first-order chi connectivity index (χ1) is 14.2. The summed E-state index contributed by atoms with van der Waals surface area (Å²) in [5.74, 6) is 0.587. The van der Waals surface area contributed by atoms with Crippen LogP contribution < -0.4 is 10.1 Å². The van der Waals surface area contributed by atoms with Gasteiger partial charge in [0, 0.05) is 12.0 Å². The maximum absolute atomic E-state index is 12.6. The number of rotatable bonds is 9. The first-order valence-corrected chi connectivity index (χ1v) is 9.61. The molecule has 0 bridgehead atoms. The number of amides is 1. The van der Waals surface area contributed by atoms with Gasteiger partial charge in [-0.25, -0.2) is 4.79 Å². The zero-order chi connectivity index (χ0) is 20.5. The first-order valence-electron chi connectivity index (χ1n) is 9.61. The molecule has 0 aliphatic heterocycles. The molecule has 0 aliphatic rings. The van der Waals surface area contributed by atoms with E-state index < -0.39 is 12.2 Å². The Morgan fingerprint density at radius 3 is 2.59 bits per heavy atom. The third-order valence-corrected chi connectivity index (χ3v) is 4.49. The number of ether oxygens (including phenoxy) is 2. The average molecular weight is 395 g/mol. The molecule has 0 saturated carbocycles. The second-order valence-corrected chi connectivity index (χ2v) is 6.56. The maximum atomic E-state index is 12.6. The summed E-state index contributed by atoms with van der Waals surface area (Å²) in [6.07, 6.45) is -0.127. The van der Waals surface area contributed by atoms with E-state index in [1.807, 2.05) is 48.5 Å². The predicted molar refractivity (Wildman–Crippen MR) is 112 cm³/mol. The van der Waals surface area contributed by atoms with Gasteiger partial charge in [0.05, 0.1) is 12.3 Å². The molecular weight excluding hydrogens is 370 g/mol. The van der Waals surface area contributed by atoms with Crippen LogP contribution in [0, 0.1) is 0 Å². The van der Waals surface area contributed by atoms with Crippen LogP contribution in [0.5, 0.6) is 5.75 Å². The van der Waals surface area contributed by atoms with Crippen molar-refractivity contribution in [2.24, 2.45) is 0 Å². The zero-order valence-corrected chi connectivity index (χ0v) is 16.1. The molecule has 3 N–H and O–H groups in total. The maximum Gasteiger partial charge on any atom is 0.412 e. The fourth-order valence-corrected chi connectivity index (χ4v) is 3.14. The summed E-state index contributed by atoms with van der Waals surface area (Å²) in [5, 5.41) is 22.9. The molecule has 0 aromatic heterocycles. The molecule has 6 nitrogen and oxygen atoms in total. The van der Waals surface area contributed by atoms with Crippen molar-refractivity contribution in [3.05, 3.63) is 72.3 Å². The van der Waals surface area contributed by atoms with Crippen molar-refractivity contribution in [2.45, 2.75) is 18.9 Å². The van der Waals surface area contributed by atoms with Crippen molar-refractivity contribution in [3.63, 3.8) is 0 Å². The number of benzene rings is 3. The van der Waals surface area contributed by atoms with Gasteiger partial charge in [-0.3, -0.25) is 5.32 Å². The molecule has 6 heteroatoms. The summed E-state index contributed by atoms with van der Waals surface area (Å²) in [4.78, 5) is 12.6. The molecule has 1 amide bonds. The van der Waals surface area contributed by atoms with Crippen molar-refractivity contribution in [2.75, 3.05) is 25.1 Å². The second-order valence-electron chi connectivity index (χ2n) is 6.56. The van der Waals surface area contributed by atoms with Crippen LogP contribution in [0.4, 0.5) is 10.5 Å². The van der Waals surface area contributed by atoms with Crippen LogP contribution in [0.2, 0.25) is 0 Å². The van der Waals surface area contributed by atoms with Crippen molar-refractivity contribution >= 4 is 22.6 Å². The molecule has 0 fully saturated rings. The van der Waals surface area contributed by atoms with Crippen LogP contribution >= 0.6 is 0 Å². The van der Waals surface area contributed by atoms with Gasteiger partial charge in [-0.1, -0.05) is 48.5 Å². The van der Waals surface area contributed by atoms with Crippen LogP contribution in [-0.2, 0) is 4.74 Å². The number of hydrogen-bond acceptors (Lipinski definition) is 5. The number of fused-ring (bicyclic) bond motifs is 1. The average Bonchev–Trinajstić information content (AvgIpc) is 2.75. The van der Waals surface area contributed by atoms with E-state index in [9.17, 15) is 9.90 Å². The van der Waals surface area contributed by atoms with E-state index in [1.54, 1.807) is 18.2 Å². The molecule has 0 spiro atoms. The Bertz CT molecular complexity index is 938. The van der Waals surface area contributed by atoms with Crippen molar-refractivity contribution in [3.8, 4) is 5.75 Å². The van der Waals surface area contributed by atoms with E-state index >= 15 is 0 Å². The molecule has 0 aliphatic carbocycles. The fourth-order valence-electron chi connectivity index (χ4n) is 3.14. The fraction of sp³-hybridized carbons (Fsp3) is 0.261. The molecule has 0 unspecified atom stereocenters. The minimum Gasteiger partial charge on any atom is -0.491 e. The lowest BCUT2D eigenvalue weighted by molar-refractivity contribution is 0.0992. The Balaban J connectivity index is 1.75. The summed E-state index contributed by atoms with van der Waals surface area (Å²) in [6.45, 7) is 0.112. The highest BCUT2D eigenvalue weighted by Crippen LogP contribution is 2.28. The molecule has 0 radical (unpaired) electrons. The van der Waals surface area contributed by atoms with E-state index in [0.29, 0.717) is 24.3 Å². The van der Waals surface area contributed by atoms with E-state index in [4.69, 9.17) is 14.6 Å². The molecule has 3 aromatic rings. The smallest absolute Gasteiger partial charge is 0.412 e. The van der Waals surface area contributed by atoms with Crippen LogP contribution in [0.1, 0.15) is 24.5 Å². The lowest BCUT2D eigenvalue weighted by Crippen LogP contribution is -2.18. The largest absolute Gasteiger partial charge is 0.491 e. The highest BCUT2D eigenvalue weighted by atomic mass is 16.6. The minimum absolute atomic E-state index is 0.00546. The Labute approximate surface area is 169 Å². The van der Waals surface area contributed by atoms with Gasteiger partial charge in [-0.2, -0.15) is 0 Å². The molecule has 0 saturated heterocycles. The summed E-state index contributed by atoms with van der Waals surface area (Å²) < 4.78 is 11.1. The van der Waals surface area contributed by atoms with Crippen molar-refractivity contribution < 1.29 is 24.5 Å². The van der Waals surface area contributed by atoms with Gasteiger partial charge in [0.25, 0.3) is 0 Å². The molecule has 152 valence electrons. The SMILES string of the molecule is O=C(Nc1cccc2ccccc12)O[C@@H](CCCO)c1cccc(OCCO)c1. The molecule has 0 heterocycles. The van der Waals surface area contributed by atoms with Gasteiger partial charge in [0.1, 0.15) is 18.5 Å². The summed E-state index contributed by atoms with van der Waals surface area (Å²) in [7, 11) is 0. The Hall–Kier alpha value is -3.09. The number of hydrogen-bond donors (Lipinski definition) is 3. The van der Waals surface area contributed by atoms with Gasteiger partial charge >= 0.3 is 6.09 Å². The van der Waals surface area contributed by atoms with E-state index in [-0.39, 0.29) is 19.8 Å². The molecule has 3 aromatic carbocycles. The van der Waals surface area contributed by atoms with Crippen LogP contribution in [-0.4, -0.2) is 36.1 Å². The van der Waals surface area contributed by atoms with E-state index in [1.165, 1.54) is 0 Å². The normalized spacial score (nSPS) is 11.8. The second kappa shape index (κ2) is 10.5. The molecule has 1 atom stereocenters. The Morgan fingerprint density at radius 2 is 1.76 bits per heavy atom. The van der Waals surface area contributed by atoms with Gasteiger partial charge < -0.3 is 19.7 Å². The van der Waals surface area contributed by atoms with Crippen LogP contribution in [0.15, 0.2) is 66.7 Å². The number of carbonyl (C=O) groups is 1. The number of aliphatic hydroxyl groups is 2. The molecular formula is C23H25NO5. The zero-order valence-electron chi connectivity index (χ0n) is 16.1. The summed E-state index contributed by atoms with van der Waals surface area (Å²) in [5.41, 5.74) is 1.44. The van der Waals surface area contributed by atoms with Crippen LogP contribution in [0.25, 0.3) is 10.8 Å². The standard InChI is InChI=1S/C23H25NO5/c25-13-5-12-22(18-8-3-9-19(16-18)28-15-14-26)29-23(27)24-21-11-4-7-17-6-1-2-10-20(17)21/h1-4,6-11,16,22,25-26H,5,12-15H2,(H,24,27)/t22-/m0/s1. The minimum atomic E-state index is -0.564. The lowest BCUT2D eigenvalue weighted by atomic mass is 10.0. The Kier molecular flexibility index (Phi) is 7.44. The highest BCUT2D eigenvalue weighted by Gasteiger charge is 2.18. The number of nitrogens with one attached hydrogen (secondary N) is 1. The Morgan fingerprint density at radius 1 is 0.966 bits per heavy atom. The van der Waals surface area contributed by atoms with E-state index in [0.717, 1.165) is 16.3 Å². The highest BCUT2D eigenvalue weighted by molar-refractivity contribution is 6.00. The molecule has 3 rings (SSSR count). The third-order valence-electron chi connectivity index (χ3n) is 4.49. The van der Waals surface area contributed by atoms with Gasteiger partial charge in [0.2, 0.25) is 0 Å². The molecule has 29 heavy (non-hydrogen) atoms. The number of aliphatic hydroxyl groups excluding tert-OH is 2. The van der Waals surface area contributed by atoms with E-state index in [2.05, 4.69) is 5.32 Å². The quantitative estimate of drug-likeness (QED) is 0.503. The van der Waals surface area contributed by atoms with Gasteiger partial charge in [0.15, 0.2) is 0 Å². The first kappa shape index (κ1) is 20.6. The van der Waals surface area contributed by atoms with Gasteiger partial charge in [-0.05, 0) is 42.0 Å². The predicted octanol–water partition coefficient (Wildman–Crippen LogP) is 4.27. The van der Waals surface area contributed by atoms with Crippen molar-refractivity contribution in [1.29, 1.82) is 0 Å². The van der Waals surface area contributed by atoms with Crippen molar-refractivity contribution in [1.82, 2.24) is 0 Å². The number of anilines is 1. The number of carbonyl (C=O) groups excluding carboxylic acids is 1. The monoisotopic (exact) mass is 395 g/mol. The van der Waals surface area contributed by atoms with Crippen LogP contribution in [0.3, 0.4) is 0 Å². The third kappa shape index (κ3) is 5.70. The summed E-state index contributed by atoms with van der Waals surface area (Å²) in [6, 6.07) is 20.7. The van der Waals surface area contributed by atoms with Gasteiger partial charge in [-0.15, -0.1) is 0 Å². The lowest BCUT2D eigenvalue weighted by Gasteiger charge is -2.19. The topological polar surface area (TPSA) is 88.0 Å².